The van der Waals surface area contributed by atoms with Crippen LogP contribution in [0.15, 0.2) is 0 Å². The number of nitrogens with one attached hydrogen (secondary N) is 1. The molecule has 0 spiro atoms. The van der Waals surface area contributed by atoms with Crippen molar-refractivity contribution in [3.63, 3.8) is 0 Å². The van der Waals surface area contributed by atoms with E-state index in [0.717, 1.165) is 12.0 Å². The Kier molecular flexibility index (Phi) is 4.31. The monoisotopic (exact) mass is 173 g/mol. The van der Waals surface area contributed by atoms with Crippen LogP contribution < -0.4 is 4.72 Å². The fourth-order valence-electron chi connectivity index (χ4n) is 1.86. The highest BCUT2D eigenvalue weighted by Gasteiger charge is 2.18. The van der Waals surface area contributed by atoms with Crippen molar-refractivity contribution in [3.8, 4) is 0 Å². The molecule has 0 atom stereocenters. The van der Waals surface area contributed by atoms with Crippen molar-refractivity contribution in [2.75, 3.05) is 6.26 Å². The van der Waals surface area contributed by atoms with Gasteiger partial charge in [0.1, 0.15) is 0 Å². The van der Waals surface area contributed by atoms with Crippen LogP contribution in [0.1, 0.15) is 39.0 Å². The third kappa shape index (κ3) is 3.04. The first kappa shape index (κ1) is 9.40. The maximum Gasteiger partial charge on any atom is 0.0172 e. The Morgan fingerprint density at radius 1 is 1.27 bits per heavy atom. The minimum Gasteiger partial charge on any atom is -0.261 e. The Hall–Kier alpha value is 0.310. The zero-order valence-electron chi connectivity index (χ0n) is 7.60. The molecule has 1 rings (SSSR count). The molecule has 0 unspecified atom stereocenters. The molecule has 1 saturated carbocycles. The van der Waals surface area contributed by atoms with E-state index in [1.54, 1.807) is 11.9 Å². The molecule has 0 amide bonds. The summed E-state index contributed by atoms with van der Waals surface area (Å²) in [5.74, 6) is 1.02. The summed E-state index contributed by atoms with van der Waals surface area (Å²) in [6.45, 7) is 2.31. The Balaban J connectivity index is 2.14. The molecule has 1 aliphatic carbocycles. The van der Waals surface area contributed by atoms with Gasteiger partial charge in [0.25, 0.3) is 0 Å². The third-order valence-electron chi connectivity index (χ3n) is 2.71. The van der Waals surface area contributed by atoms with Crippen LogP contribution in [0.25, 0.3) is 0 Å². The molecule has 1 aliphatic rings. The number of rotatable bonds is 3. The lowest BCUT2D eigenvalue weighted by molar-refractivity contribution is 0.310. The maximum atomic E-state index is 3.45. The lowest BCUT2D eigenvalue weighted by atomic mass is 9.85. The van der Waals surface area contributed by atoms with Gasteiger partial charge in [-0.15, -0.1) is 0 Å². The molecule has 2 heteroatoms. The van der Waals surface area contributed by atoms with E-state index < -0.39 is 0 Å². The van der Waals surface area contributed by atoms with Crippen molar-refractivity contribution in [3.05, 3.63) is 0 Å². The molecule has 0 heterocycles. The average Bonchev–Trinajstić information content (AvgIpc) is 2.07. The van der Waals surface area contributed by atoms with Gasteiger partial charge in [-0.2, -0.15) is 0 Å². The smallest absolute Gasteiger partial charge is 0.0172 e. The first-order valence-electron chi connectivity index (χ1n) is 4.65. The SMILES string of the molecule is CCC1CCC(NSC)CC1. The minimum absolute atomic E-state index is 0.799. The van der Waals surface area contributed by atoms with Gasteiger partial charge in [0, 0.05) is 6.04 Å². The van der Waals surface area contributed by atoms with Crippen LogP contribution >= 0.6 is 11.9 Å². The van der Waals surface area contributed by atoms with Crippen molar-refractivity contribution in [2.24, 2.45) is 5.92 Å². The fourth-order valence-corrected chi connectivity index (χ4v) is 2.42. The molecule has 0 aromatic heterocycles. The molecule has 11 heavy (non-hydrogen) atoms. The Labute approximate surface area is 74.5 Å². The molecule has 0 bridgehead atoms. The number of hydrogen-bond acceptors (Lipinski definition) is 2. The molecule has 1 nitrogen and oxygen atoms in total. The molecule has 1 fully saturated rings. The van der Waals surface area contributed by atoms with Gasteiger partial charge >= 0.3 is 0 Å². The maximum absolute atomic E-state index is 3.45. The molecule has 0 aromatic carbocycles. The van der Waals surface area contributed by atoms with Crippen molar-refractivity contribution < 1.29 is 0 Å². The summed E-state index contributed by atoms with van der Waals surface area (Å²) in [5.41, 5.74) is 0. The largest absolute Gasteiger partial charge is 0.261 e. The lowest BCUT2D eigenvalue weighted by Gasteiger charge is -2.27. The van der Waals surface area contributed by atoms with Crippen LogP contribution in [0.3, 0.4) is 0 Å². The quantitative estimate of drug-likeness (QED) is 0.659. The van der Waals surface area contributed by atoms with Gasteiger partial charge in [0.05, 0.1) is 0 Å². The predicted octanol–water partition coefficient (Wildman–Crippen LogP) is 2.82. The highest BCUT2D eigenvalue weighted by Crippen LogP contribution is 2.26. The van der Waals surface area contributed by atoms with Gasteiger partial charge in [0.2, 0.25) is 0 Å². The van der Waals surface area contributed by atoms with Crippen molar-refractivity contribution >= 4 is 11.9 Å². The van der Waals surface area contributed by atoms with Gasteiger partial charge in [-0.25, -0.2) is 0 Å². The van der Waals surface area contributed by atoms with E-state index >= 15 is 0 Å². The first-order valence-corrected chi connectivity index (χ1v) is 5.87. The van der Waals surface area contributed by atoms with Crippen molar-refractivity contribution in [1.29, 1.82) is 0 Å². The van der Waals surface area contributed by atoms with E-state index in [1.165, 1.54) is 32.1 Å². The summed E-state index contributed by atoms with van der Waals surface area (Å²) in [6, 6.07) is 0.799. The van der Waals surface area contributed by atoms with Crippen molar-refractivity contribution in [2.45, 2.75) is 45.1 Å². The molecule has 0 aliphatic heterocycles. The van der Waals surface area contributed by atoms with Crippen LogP contribution in [-0.2, 0) is 0 Å². The Morgan fingerprint density at radius 3 is 2.36 bits per heavy atom. The highest BCUT2D eigenvalue weighted by molar-refractivity contribution is 7.96. The number of hydrogen-bond donors (Lipinski definition) is 1. The molecular weight excluding hydrogens is 154 g/mol. The second-order valence-corrected chi connectivity index (χ2v) is 4.09. The molecule has 0 radical (unpaired) electrons. The van der Waals surface area contributed by atoms with E-state index in [2.05, 4.69) is 17.9 Å². The van der Waals surface area contributed by atoms with Gasteiger partial charge in [-0.05, 0) is 37.9 Å². The van der Waals surface area contributed by atoms with Gasteiger partial charge in [0.15, 0.2) is 0 Å². The zero-order valence-corrected chi connectivity index (χ0v) is 8.41. The summed E-state index contributed by atoms with van der Waals surface area (Å²) < 4.78 is 3.45. The molecule has 0 saturated heterocycles. The predicted molar refractivity (Wildman–Crippen MR) is 52.7 cm³/mol. The standard InChI is InChI=1S/C9H19NS/c1-3-8-4-6-9(7-5-8)10-11-2/h8-10H,3-7H2,1-2H3. The molecule has 66 valence electrons. The van der Waals surface area contributed by atoms with E-state index in [4.69, 9.17) is 0 Å². The van der Waals surface area contributed by atoms with Crippen LogP contribution in [0.5, 0.6) is 0 Å². The van der Waals surface area contributed by atoms with Crippen LogP contribution in [0, 0.1) is 5.92 Å². The van der Waals surface area contributed by atoms with E-state index in [9.17, 15) is 0 Å². The van der Waals surface area contributed by atoms with E-state index in [1.807, 2.05) is 0 Å². The summed E-state index contributed by atoms with van der Waals surface area (Å²) >= 11 is 1.77. The fraction of sp³-hybridized carbons (Fsp3) is 1.00. The van der Waals surface area contributed by atoms with Crippen LogP contribution in [0.4, 0.5) is 0 Å². The van der Waals surface area contributed by atoms with E-state index in [-0.39, 0.29) is 0 Å². The molecular formula is C9H19NS. The third-order valence-corrected chi connectivity index (χ3v) is 3.28. The zero-order chi connectivity index (χ0) is 8.10. The summed E-state index contributed by atoms with van der Waals surface area (Å²) in [7, 11) is 0. The lowest BCUT2D eigenvalue weighted by Crippen LogP contribution is -2.28. The highest BCUT2D eigenvalue weighted by atomic mass is 32.2. The first-order chi connectivity index (χ1) is 5.36. The second kappa shape index (κ2) is 5.04. The van der Waals surface area contributed by atoms with Crippen LogP contribution in [-0.4, -0.2) is 12.3 Å². The summed E-state index contributed by atoms with van der Waals surface area (Å²) in [5, 5.41) is 0. The van der Waals surface area contributed by atoms with Crippen LogP contribution in [0.2, 0.25) is 0 Å². The normalized spacial score (nSPS) is 32.2. The summed E-state index contributed by atoms with van der Waals surface area (Å²) in [6.07, 6.45) is 9.15. The Bertz CT molecular complexity index is 97.7. The van der Waals surface area contributed by atoms with Crippen molar-refractivity contribution in [1.82, 2.24) is 4.72 Å². The molecule has 0 aromatic rings. The second-order valence-electron chi connectivity index (χ2n) is 3.45. The molecule has 1 N–H and O–H groups in total. The minimum atomic E-state index is 0.799. The summed E-state index contributed by atoms with van der Waals surface area (Å²) in [4.78, 5) is 0. The van der Waals surface area contributed by atoms with Gasteiger partial charge in [-0.3, -0.25) is 4.72 Å². The van der Waals surface area contributed by atoms with Gasteiger partial charge in [-0.1, -0.05) is 25.3 Å². The van der Waals surface area contributed by atoms with Gasteiger partial charge < -0.3 is 0 Å². The Morgan fingerprint density at radius 2 is 1.91 bits per heavy atom. The van der Waals surface area contributed by atoms with E-state index in [0.29, 0.717) is 0 Å². The topological polar surface area (TPSA) is 12.0 Å². The average molecular weight is 173 g/mol.